The van der Waals surface area contributed by atoms with Crippen LogP contribution < -0.4 is 5.32 Å². The van der Waals surface area contributed by atoms with Gasteiger partial charge in [0.05, 0.1) is 17.9 Å². The van der Waals surface area contributed by atoms with Gasteiger partial charge in [0, 0.05) is 17.6 Å². The normalized spacial score (nSPS) is 35.5. The second-order valence-corrected chi connectivity index (χ2v) is 4.60. The number of fused-ring (bicyclic) bond motifs is 1. The molecule has 5 heteroatoms. The molecular weight excluding hydrogens is 234 g/mol. The molecule has 0 aromatic rings. The van der Waals surface area contributed by atoms with Crippen LogP contribution in [0.15, 0.2) is 35.6 Å². The Bertz CT molecular complexity index is 503. The number of cyclic esters (lactones) is 1. The first-order valence-corrected chi connectivity index (χ1v) is 5.87. The second kappa shape index (κ2) is 4.01. The van der Waals surface area contributed by atoms with E-state index in [1.807, 2.05) is 12.2 Å². The highest BCUT2D eigenvalue weighted by atomic mass is 16.7. The van der Waals surface area contributed by atoms with Crippen LogP contribution in [0.25, 0.3) is 0 Å². The first-order chi connectivity index (χ1) is 8.65. The Hall–Kier alpha value is -2.04. The van der Waals surface area contributed by atoms with Crippen molar-refractivity contribution in [2.75, 3.05) is 0 Å². The summed E-state index contributed by atoms with van der Waals surface area (Å²) < 4.78 is 10.3. The summed E-state index contributed by atoms with van der Waals surface area (Å²) in [6.45, 7) is 1.66. The monoisotopic (exact) mass is 247 g/mol. The highest BCUT2D eigenvalue weighted by Crippen LogP contribution is 2.32. The van der Waals surface area contributed by atoms with Crippen LogP contribution in [-0.2, 0) is 19.1 Å². The Morgan fingerprint density at radius 3 is 3.06 bits per heavy atom. The number of allylic oxidation sites excluding steroid dienone is 1. The number of hydrogen-bond donors (Lipinski definition) is 1. The number of rotatable bonds is 2. The summed E-state index contributed by atoms with van der Waals surface area (Å²) in [4.78, 5) is 22.9. The average Bonchev–Trinajstić information content (AvgIpc) is 2.94. The Kier molecular flexibility index (Phi) is 2.47. The fraction of sp³-hybridized carbons (Fsp3) is 0.385. The highest BCUT2D eigenvalue weighted by Gasteiger charge is 2.38. The molecule has 1 saturated heterocycles. The average molecular weight is 247 g/mol. The van der Waals surface area contributed by atoms with Crippen molar-refractivity contribution < 1.29 is 19.1 Å². The Morgan fingerprint density at radius 1 is 1.50 bits per heavy atom. The van der Waals surface area contributed by atoms with Crippen molar-refractivity contribution in [2.24, 2.45) is 5.92 Å². The summed E-state index contributed by atoms with van der Waals surface area (Å²) in [6, 6.07) is 0.0794. The van der Waals surface area contributed by atoms with Crippen LogP contribution in [0.4, 0.5) is 0 Å². The summed E-state index contributed by atoms with van der Waals surface area (Å²) >= 11 is 0. The number of esters is 1. The number of ether oxygens (including phenoxy) is 2. The Morgan fingerprint density at radius 2 is 2.33 bits per heavy atom. The smallest absolute Gasteiger partial charge is 0.336 e. The fourth-order valence-electron chi connectivity index (χ4n) is 2.38. The standard InChI is InChI=1S/C13H13NO4/c1-7-5-11(18-13(7)16)17-6-9-8-3-2-4-10(8)14-12(9)15/h2,4-6,8,10-11H,3H2,1H3,(H,14,15)/b9-6+/t8-,10-,11+/m0/s1. The lowest BCUT2D eigenvalue weighted by molar-refractivity contribution is -0.152. The van der Waals surface area contributed by atoms with Crippen molar-refractivity contribution in [3.8, 4) is 0 Å². The van der Waals surface area contributed by atoms with Gasteiger partial charge in [-0.1, -0.05) is 12.2 Å². The van der Waals surface area contributed by atoms with E-state index >= 15 is 0 Å². The quantitative estimate of drug-likeness (QED) is 0.339. The highest BCUT2D eigenvalue weighted by molar-refractivity contribution is 5.97. The number of nitrogens with one attached hydrogen (secondary N) is 1. The molecule has 1 N–H and O–H groups in total. The van der Waals surface area contributed by atoms with Crippen LogP contribution >= 0.6 is 0 Å². The Labute approximate surface area is 104 Å². The molecule has 18 heavy (non-hydrogen) atoms. The first-order valence-electron chi connectivity index (χ1n) is 5.87. The molecule has 0 radical (unpaired) electrons. The van der Waals surface area contributed by atoms with Crippen LogP contribution in [0.3, 0.4) is 0 Å². The van der Waals surface area contributed by atoms with Gasteiger partial charge in [0.25, 0.3) is 12.2 Å². The van der Waals surface area contributed by atoms with E-state index in [2.05, 4.69) is 5.32 Å². The Balaban J connectivity index is 1.70. The lowest BCUT2D eigenvalue weighted by Gasteiger charge is -2.10. The van der Waals surface area contributed by atoms with Gasteiger partial charge in [-0.05, 0) is 13.3 Å². The van der Waals surface area contributed by atoms with Crippen molar-refractivity contribution in [3.05, 3.63) is 35.6 Å². The lowest BCUT2D eigenvalue weighted by atomic mass is 9.99. The van der Waals surface area contributed by atoms with E-state index in [0.29, 0.717) is 11.1 Å². The minimum Gasteiger partial charge on any atom is -0.458 e. The minimum absolute atomic E-state index is 0.0794. The summed E-state index contributed by atoms with van der Waals surface area (Å²) in [6.07, 6.45) is 7.16. The van der Waals surface area contributed by atoms with Crippen LogP contribution in [0.1, 0.15) is 13.3 Å². The molecule has 1 fully saturated rings. The maximum atomic E-state index is 11.7. The van der Waals surface area contributed by atoms with Crippen LogP contribution in [0.2, 0.25) is 0 Å². The van der Waals surface area contributed by atoms with E-state index in [0.717, 1.165) is 6.42 Å². The molecule has 0 unspecified atom stereocenters. The van der Waals surface area contributed by atoms with Crippen molar-refractivity contribution in [3.63, 3.8) is 0 Å². The largest absolute Gasteiger partial charge is 0.458 e. The molecule has 2 aliphatic heterocycles. The van der Waals surface area contributed by atoms with Crippen molar-refractivity contribution in [1.82, 2.24) is 5.32 Å². The number of amides is 1. The molecule has 3 atom stereocenters. The predicted octanol–water partition coefficient (Wildman–Crippen LogP) is 0.791. The predicted molar refractivity (Wildman–Crippen MR) is 62.0 cm³/mol. The van der Waals surface area contributed by atoms with Gasteiger partial charge in [0.1, 0.15) is 0 Å². The summed E-state index contributed by atoms with van der Waals surface area (Å²) in [7, 11) is 0. The van der Waals surface area contributed by atoms with E-state index in [9.17, 15) is 9.59 Å². The second-order valence-electron chi connectivity index (χ2n) is 4.60. The summed E-state index contributed by atoms with van der Waals surface area (Å²) in [5.74, 6) is -0.353. The zero-order valence-corrected chi connectivity index (χ0v) is 9.88. The zero-order chi connectivity index (χ0) is 12.7. The van der Waals surface area contributed by atoms with Crippen molar-refractivity contribution in [2.45, 2.75) is 25.7 Å². The molecule has 94 valence electrons. The molecule has 1 amide bonds. The molecule has 0 aromatic heterocycles. The lowest BCUT2D eigenvalue weighted by Crippen LogP contribution is -2.24. The molecule has 0 aromatic carbocycles. The molecule has 3 aliphatic rings. The van der Waals surface area contributed by atoms with Gasteiger partial charge in [-0.2, -0.15) is 0 Å². The van der Waals surface area contributed by atoms with Crippen molar-refractivity contribution >= 4 is 11.9 Å². The molecule has 0 saturated carbocycles. The summed E-state index contributed by atoms with van der Waals surface area (Å²) in [5, 5.41) is 2.86. The van der Waals surface area contributed by atoms with Gasteiger partial charge in [-0.15, -0.1) is 0 Å². The summed E-state index contributed by atoms with van der Waals surface area (Å²) in [5.41, 5.74) is 1.13. The topological polar surface area (TPSA) is 64.6 Å². The molecule has 0 spiro atoms. The first kappa shape index (κ1) is 11.1. The molecular formula is C13H13NO4. The van der Waals surface area contributed by atoms with Gasteiger partial charge in [0.15, 0.2) is 0 Å². The number of hydrogen-bond acceptors (Lipinski definition) is 4. The zero-order valence-electron chi connectivity index (χ0n) is 9.88. The van der Waals surface area contributed by atoms with E-state index in [1.54, 1.807) is 13.0 Å². The van der Waals surface area contributed by atoms with E-state index in [1.165, 1.54) is 6.26 Å². The third-order valence-corrected chi connectivity index (χ3v) is 3.39. The van der Waals surface area contributed by atoms with Gasteiger partial charge in [-0.3, -0.25) is 4.79 Å². The fourth-order valence-corrected chi connectivity index (χ4v) is 2.38. The maximum absolute atomic E-state index is 11.7. The van der Waals surface area contributed by atoms with E-state index in [-0.39, 0.29) is 23.8 Å². The number of carbonyl (C=O) groups excluding carboxylic acids is 2. The van der Waals surface area contributed by atoms with Gasteiger partial charge < -0.3 is 14.8 Å². The molecule has 0 bridgehead atoms. The maximum Gasteiger partial charge on any atom is 0.336 e. The van der Waals surface area contributed by atoms with E-state index < -0.39 is 6.29 Å². The van der Waals surface area contributed by atoms with Crippen molar-refractivity contribution in [1.29, 1.82) is 0 Å². The molecule has 2 heterocycles. The van der Waals surface area contributed by atoms with Crippen LogP contribution in [0, 0.1) is 5.92 Å². The SMILES string of the molecule is CC1=C[C@H](O/C=C2/C(=O)N[C@H]3C=CC[C@@H]23)OC1=O. The van der Waals surface area contributed by atoms with E-state index in [4.69, 9.17) is 9.47 Å². The number of carbonyl (C=O) groups is 2. The van der Waals surface area contributed by atoms with Gasteiger partial charge >= 0.3 is 5.97 Å². The third-order valence-electron chi connectivity index (χ3n) is 3.39. The van der Waals surface area contributed by atoms with Gasteiger partial charge in [-0.25, -0.2) is 4.79 Å². The van der Waals surface area contributed by atoms with Gasteiger partial charge in [0.2, 0.25) is 0 Å². The third kappa shape index (κ3) is 1.72. The molecule has 1 aliphatic carbocycles. The van der Waals surface area contributed by atoms with Crippen LogP contribution in [-0.4, -0.2) is 24.2 Å². The minimum atomic E-state index is -0.716. The molecule has 3 rings (SSSR count). The molecule has 5 nitrogen and oxygen atoms in total. The van der Waals surface area contributed by atoms with Crippen LogP contribution in [0.5, 0.6) is 0 Å².